The van der Waals surface area contributed by atoms with Crippen molar-refractivity contribution in [1.29, 1.82) is 0 Å². The van der Waals surface area contributed by atoms with E-state index in [1.54, 1.807) is 11.1 Å². The highest BCUT2D eigenvalue weighted by molar-refractivity contribution is 6.60. The first-order valence-corrected chi connectivity index (χ1v) is 8.89. The monoisotopic (exact) mass is 349 g/mol. The molecule has 1 aromatic heterocycles. The van der Waals surface area contributed by atoms with Gasteiger partial charge in [-0.15, -0.1) is 0 Å². The molecule has 1 aromatic rings. The van der Waals surface area contributed by atoms with Crippen LogP contribution in [0.3, 0.4) is 0 Å². The van der Waals surface area contributed by atoms with E-state index in [0.717, 1.165) is 12.0 Å². The summed E-state index contributed by atoms with van der Waals surface area (Å²) in [6.07, 6.45) is 2.45. The lowest BCUT2D eigenvalue weighted by molar-refractivity contribution is -0.0242. The van der Waals surface area contributed by atoms with E-state index in [1.165, 1.54) is 0 Å². The number of carbonyl (C=O) groups is 1. The number of carbonyl (C=O) groups excluding carboxylic acids is 1. The largest absolute Gasteiger partial charge is 0.513 e. The average molecular weight is 349 g/mol. The molecule has 3 heterocycles. The molecular formula is C17H28BN3O4. The van der Waals surface area contributed by atoms with Gasteiger partial charge in [-0.05, 0) is 54.0 Å². The third-order valence-electron chi connectivity index (χ3n) is 4.36. The summed E-state index contributed by atoms with van der Waals surface area (Å²) in [5.74, 6) is 0. The van der Waals surface area contributed by atoms with Crippen molar-refractivity contribution in [2.75, 3.05) is 13.1 Å². The minimum Gasteiger partial charge on any atom is -0.444 e. The number of rotatable bonds is 2. The maximum atomic E-state index is 12.1. The van der Waals surface area contributed by atoms with Gasteiger partial charge in [0, 0.05) is 25.4 Å². The highest BCUT2D eigenvalue weighted by Crippen LogP contribution is 2.27. The number of ether oxygens (including phenoxy) is 1. The van der Waals surface area contributed by atoms with Gasteiger partial charge in [-0.1, -0.05) is 0 Å². The minimum absolute atomic E-state index is 0.116. The van der Waals surface area contributed by atoms with Crippen LogP contribution in [0.1, 0.15) is 54.0 Å². The van der Waals surface area contributed by atoms with Crippen molar-refractivity contribution in [3.05, 3.63) is 12.3 Å². The van der Waals surface area contributed by atoms with Crippen LogP contribution < -0.4 is 5.59 Å². The Balaban J connectivity index is 1.65. The Kier molecular flexibility index (Phi) is 4.62. The Hall–Kier alpha value is -1.54. The highest BCUT2D eigenvalue weighted by atomic mass is 16.6. The van der Waals surface area contributed by atoms with E-state index in [2.05, 4.69) is 25.9 Å². The second-order valence-electron chi connectivity index (χ2n) is 8.60. The van der Waals surface area contributed by atoms with Gasteiger partial charge in [0.05, 0.1) is 17.2 Å². The zero-order chi connectivity index (χ0) is 18.4. The summed E-state index contributed by atoms with van der Waals surface area (Å²) in [5.41, 5.74) is 0.179. The van der Waals surface area contributed by atoms with Crippen molar-refractivity contribution in [1.82, 2.24) is 14.7 Å². The molecular weight excluding hydrogens is 321 g/mol. The van der Waals surface area contributed by atoms with E-state index in [0.29, 0.717) is 13.1 Å². The van der Waals surface area contributed by atoms with Gasteiger partial charge in [-0.3, -0.25) is 4.68 Å². The van der Waals surface area contributed by atoms with Crippen LogP contribution >= 0.6 is 0 Å². The maximum absolute atomic E-state index is 12.1. The van der Waals surface area contributed by atoms with Crippen molar-refractivity contribution in [2.24, 2.45) is 0 Å². The molecule has 0 bridgehead atoms. The van der Waals surface area contributed by atoms with Gasteiger partial charge in [0.2, 0.25) is 0 Å². The number of likely N-dealkylation sites (tertiary alicyclic amines) is 1. The fraction of sp³-hybridized carbons (Fsp3) is 0.765. The van der Waals surface area contributed by atoms with Gasteiger partial charge in [-0.2, -0.15) is 5.10 Å². The molecule has 0 N–H and O–H groups in total. The van der Waals surface area contributed by atoms with E-state index in [-0.39, 0.29) is 23.8 Å². The molecule has 0 aromatic carbocycles. The van der Waals surface area contributed by atoms with Crippen molar-refractivity contribution in [3.63, 3.8) is 0 Å². The second kappa shape index (κ2) is 6.32. The molecule has 3 rings (SSSR count). The van der Waals surface area contributed by atoms with Crippen LogP contribution in [-0.4, -0.2) is 58.3 Å². The van der Waals surface area contributed by atoms with E-state index >= 15 is 0 Å². The Morgan fingerprint density at radius 3 is 2.68 bits per heavy atom. The molecule has 1 amide bonds. The van der Waals surface area contributed by atoms with E-state index in [4.69, 9.17) is 14.0 Å². The first-order chi connectivity index (χ1) is 11.5. The van der Waals surface area contributed by atoms with Crippen LogP contribution in [0, 0.1) is 0 Å². The van der Waals surface area contributed by atoms with Crippen LogP contribution in [0.5, 0.6) is 0 Å². The van der Waals surface area contributed by atoms with Crippen molar-refractivity contribution in [3.8, 4) is 0 Å². The summed E-state index contributed by atoms with van der Waals surface area (Å²) >= 11 is 0. The molecule has 7 nitrogen and oxygen atoms in total. The average Bonchev–Trinajstić information content (AvgIpc) is 2.81. The second-order valence-corrected chi connectivity index (χ2v) is 8.60. The lowest BCUT2D eigenvalue weighted by Crippen LogP contribution is -2.58. The first-order valence-electron chi connectivity index (χ1n) is 8.89. The molecule has 2 aliphatic heterocycles. The molecule has 2 aliphatic rings. The summed E-state index contributed by atoms with van der Waals surface area (Å²) in [4.78, 5) is 13.8. The topological polar surface area (TPSA) is 65.8 Å². The minimum atomic E-state index is -0.482. The van der Waals surface area contributed by atoms with Gasteiger partial charge in [0.15, 0.2) is 0 Å². The fourth-order valence-electron chi connectivity index (χ4n) is 3.35. The van der Waals surface area contributed by atoms with Crippen molar-refractivity contribution < 1.29 is 18.8 Å². The molecule has 0 radical (unpaired) electrons. The highest BCUT2D eigenvalue weighted by Gasteiger charge is 2.43. The molecule has 0 unspecified atom stereocenters. The van der Waals surface area contributed by atoms with Crippen LogP contribution in [0.2, 0.25) is 0 Å². The van der Waals surface area contributed by atoms with Crippen molar-refractivity contribution in [2.45, 2.75) is 71.3 Å². The van der Waals surface area contributed by atoms with E-state index < -0.39 is 12.7 Å². The molecule has 2 fully saturated rings. The normalized spacial score (nSPS) is 24.2. The van der Waals surface area contributed by atoms with Crippen molar-refractivity contribution >= 4 is 18.8 Å². The quantitative estimate of drug-likeness (QED) is 0.764. The summed E-state index contributed by atoms with van der Waals surface area (Å²) in [5, 5.41) is 4.43. The Morgan fingerprint density at radius 1 is 1.40 bits per heavy atom. The van der Waals surface area contributed by atoms with Gasteiger partial charge in [0.1, 0.15) is 5.60 Å². The fourth-order valence-corrected chi connectivity index (χ4v) is 3.35. The van der Waals surface area contributed by atoms with Gasteiger partial charge < -0.3 is 18.9 Å². The molecule has 0 spiro atoms. The van der Waals surface area contributed by atoms with Crippen LogP contribution in [-0.2, 0) is 14.0 Å². The molecule has 2 saturated heterocycles. The third kappa shape index (κ3) is 4.18. The zero-order valence-electron chi connectivity index (χ0n) is 16.0. The molecule has 1 atom stereocenters. The number of nitrogens with zero attached hydrogens (tertiary/aromatic N) is 3. The Bertz CT molecular complexity index is 634. The third-order valence-corrected chi connectivity index (χ3v) is 4.36. The molecule has 0 saturated carbocycles. The number of hydrogen-bond acceptors (Lipinski definition) is 5. The molecule has 25 heavy (non-hydrogen) atoms. The molecule has 138 valence electrons. The maximum Gasteiger partial charge on any atom is 0.513 e. The summed E-state index contributed by atoms with van der Waals surface area (Å²) in [7, 11) is -0.433. The number of amides is 1. The van der Waals surface area contributed by atoms with Gasteiger partial charge >= 0.3 is 13.2 Å². The summed E-state index contributed by atoms with van der Waals surface area (Å²) < 4.78 is 19.4. The van der Waals surface area contributed by atoms with Gasteiger partial charge in [0.25, 0.3) is 0 Å². The number of hydrogen-bond donors (Lipinski definition) is 0. The smallest absolute Gasteiger partial charge is 0.444 e. The van der Waals surface area contributed by atoms with Crippen LogP contribution in [0.15, 0.2) is 12.3 Å². The molecule has 8 heteroatoms. The lowest BCUT2D eigenvalue weighted by atomic mass is 9.78. The van der Waals surface area contributed by atoms with Crippen LogP contribution in [0.25, 0.3) is 0 Å². The number of aromatic nitrogens is 2. The molecule has 0 aliphatic carbocycles. The zero-order valence-corrected chi connectivity index (χ0v) is 16.0. The first kappa shape index (κ1) is 18.3. The SMILES string of the molecule is C[C@H]1CC(C)(C)OB(c2ccnn2C2CN(C(=O)OC(C)(C)C)C2)O1. The lowest BCUT2D eigenvalue weighted by Gasteiger charge is -2.42. The van der Waals surface area contributed by atoms with E-state index in [9.17, 15) is 4.79 Å². The van der Waals surface area contributed by atoms with Gasteiger partial charge in [-0.25, -0.2) is 4.79 Å². The summed E-state index contributed by atoms with van der Waals surface area (Å²) in [6.45, 7) is 13.0. The van der Waals surface area contributed by atoms with E-state index in [1.807, 2.05) is 31.5 Å². The van der Waals surface area contributed by atoms with Crippen LogP contribution in [0.4, 0.5) is 4.79 Å². The summed E-state index contributed by atoms with van der Waals surface area (Å²) in [6, 6.07) is 2.04. The predicted octanol–water partition coefficient (Wildman–Crippen LogP) is 1.97. The Morgan fingerprint density at radius 2 is 2.08 bits per heavy atom. The standard InChI is InChI=1S/C17H28BN3O4/c1-12-9-17(5,6)25-18(24-12)14-7-8-19-21(14)13-10-20(11-13)15(22)23-16(2,3)4/h7-8,12-13H,9-11H2,1-6H3/t12-/m0/s1. The Labute approximate surface area is 149 Å². The predicted molar refractivity (Wildman–Crippen MR) is 94.8 cm³/mol.